The van der Waals surface area contributed by atoms with Crippen LogP contribution in [-0.2, 0) is 0 Å². The van der Waals surface area contributed by atoms with Crippen molar-refractivity contribution in [2.75, 3.05) is 31.0 Å². The first kappa shape index (κ1) is 9.72. The molecule has 0 atom stereocenters. The van der Waals surface area contributed by atoms with Gasteiger partial charge in [-0.25, -0.2) is 0 Å². The first-order chi connectivity index (χ1) is 15.1. The minimum Gasteiger partial charge on any atom is -0.340 e. The van der Waals surface area contributed by atoms with Crippen LogP contribution < -0.4 is 4.90 Å². The van der Waals surface area contributed by atoms with Gasteiger partial charge in [0.25, 0.3) is 0 Å². The van der Waals surface area contributed by atoms with E-state index in [-0.39, 0.29) is 25.4 Å². The van der Waals surface area contributed by atoms with Crippen molar-refractivity contribution in [2.45, 2.75) is 29.9 Å². The molecule has 3 rings (SSSR count). The highest BCUT2D eigenvalue weighted by Gasteiger charge is 2.23. The zero-order chi connectivity index (χ0) is 24.8. The van der Waals surface area contributed by atoms with Crippen LogP contribution >= 0.6 is 35.8 Å². The zero-order valence-corrected chi connectivity index (χ0v) is 15.1. The number of nitrogens with zero attached hydrogens (tertiary/aromatic N) is 2. The fourth-order valence-corrected chi connectivity index (χ4v) is 3.81. The van der Waals surface area contributed by atoms with E-state index in [9.17, 15) is 0 Å². The van der Waals surface area contributed by atoms with E-state index < -0.39 is 33.2 Å². The van der Waals surface area contributed by atoms with E-state index >= 15 is 0 Å². The third-order valence-electron chi connectivity index (χ3n) is 3.62. The van der Waals surface area contributed by atoms with Gasteiger partial charge in [-0.2, -0.15) is 0 Å². The molecule has 2 aromatic rings. The Morgan fingerprint density at radius 2 is 1.88 bits per heavy atom. The summed E-state index contributed by atoms with van der Waals surface area (Å²) in [6.45, 7) is -13.1. The molecule has 0 saturated carbocycles. The molecule has 1 aliphatic rings. The molecule has 130 valence electrons. The second-order valence-electron chi connectivity index (χ2n) is 5.06. The number of anilines is 2. The van der Waals surface area contributed by atoms with Crippen LogP contribution in [0.2, 0.25) is 5.02 Å². The molecule has 1 heterocycles. The molecule has 2 nitrogen and oxygen atoms in total. The van der Waals surface area contributed by atoms with Gasteiger partial charge >= 0.3 is 0 Å². The third kappa shape index (κ3) is 4.20. The second kappa shape index (κ2) is 9.00. The molecule has 5 heteroatoms. The van der Waals surface area contributed by atoms with E-state index in [0.717, 1.165) is 21.2 Å². The Morgan fingerprint density at radius 1 is 1.12 bits per heavy atom. The third-order valence-corrected chi connectivity index (χ3v) is 4.99. The van der Waals surface area contributed by atoms with Gasteiger partial charge in [0.2, 0.25) is 0 Å². The molecule has 0 amide bonds. The Kier molecular flexibility index (Phi) is 3.65. The van der Waals surface area contributed by atoms with Crippen LogP contribution in [0.3, 0.4) is 0 Å². The lowest BCUT2D eigenvalue weighted by Gasteiger charge is -2.33. The van der Waals surface area contributed by atoms with Crippen molar-refractivity contribution in [3.63, 3.8) is 0 Å². The maximum Gasteiger partial charge on any atom is 0.0567 e. The summed E-state index contributed by atoms with van der Waals surface area (Å²) in [4.78, 5) is 4.19. The van der Waals surface area contributed by atoms with Crippen molar-refractivity contribution in [3.8, 4) is 0 Å². The van der Waals surface area contributed by atoms with Gasteiger partial charge in [-0.1, -0.05) is 49.2 Å². The van der Waals surface area contributed by atoms with Gasteiger partial charge in [0, 0.05) is 35.1 Å². The number of hydrogen-bond acceptors (Lipinski definition) is 3. The van der Waals surface area contributed by atoms with Gasteiger partial charge in [-0.3, -0.25) is 0 Å². The molecule has 0 aliphatic carbocycles. The summed E-state index contributed by atoms with van der Waals surface area (Å²) in [6, 6.07) is 13.1. The minimum absolute atomic E-state index is 0. The minimum atomic E-state index is -3.25. The molecule has 0 radical (unpaired) electrons. The number of para-hydroxylation sites is 1. The molecule has 2 aromatic carbocycles. The van der Waals surface area contributed by atoms with Crippen LogP contribution in [0.15, 0.2) is 52.3 Å². The molecule has 0 fully saturated rings. The normalized spacial score (nSPS) is 21.0. The Labute approximate surface area is 174 Å². The largest absolute Gasteiger partial charge is 0.340 e. The maximum absolute atomic E-state index is 8.06. The molecule has 0 saturated heterocycles. The molecule has 1 aliphatic heterocycles. The quantitative estimate of drug-likeness (QED) is 0.586. The van der Waals surface area contributed by atoms with E-state index in [1.54, 1.807) is 23.9 Å². The summed E-state index contributed by atoms with van der Waals surface area (Å²) >= 11 is 7.78. The zero-order valence-electron chi connectivity index (χ0n) is 22.8. The lowest BCUT2D eigenvalue weighted by Crippen LogP contribution is -2.28. The highest BCUT2D eigenvalue weighted by Crippen LogP contribution is 2.48. The average molecular weight is 393 g/mol. The molecule has 0 N–H and O–H groups in total. The van der Waals surface area contributed by atoms with Crippen LogP contribution in [0.4, 0.5) is 11.4 Å². The van der Waals surface area contributed by atoms with Crippen molar-refractivity contribution in [2.24, 2.45) is 0 Å². The van der Waals surface area contributed by atoms with Crippen LogP contribution in [0.5, 0.6) is 0 Å². The molecule has 0 aromatic heterocycles. The number of benzene rings is 2. The summed E-state index contributed by atoms with van der Waals surface area (Å²) in [6.07, 6.45) is 0.0934. The van der Waals surface area contributed by atoms with Crippen molar-refractivity contribution >= 4 is 47.1 Å². The van der Waals surface area contributed by atoms with Crippen molar-refractivity contribution in [3.05, 3.63) is 47.5 Å². The average Bonchev–Trinajstić information content (AvgIpc) is 2.68. The SMILES string of the molecule is Cl.[2H]C([2H])([2H])C([2H])([2H])N(CCCN1c2ccccc2Sc2ccc(Cl)cc21)C([2H])([2H])C([2H])([2H])[2H]. The highest BCUT2D eigenvalue weighted by atomic mass is 35.5. The lowest BCUT2D eigenvalue weighted by molar-refractivity contribution is 0.301. The van der Waals surface area contributed by atoms with Crippen molar-refractivity contribution < 1.29 is 13.7 Å². The first-order valence-electron chi connectivity index (χ1n) is 12.2. The topological polar surface area (TPSA) is 6.48 Å². The van der Waals surface area contributed by atoms with Gasteiger partial charge in [0.15, 0.2) is 0 Å². The van der Waals surface area contributed by atoms with E-state index in [4.69, 9.17) is 25.3 Å². The molecule has 0 spiro atoms. The van der Waals surface area contributed by atoms with E-state index in [1.807, 2.05) is 35.2 Å². The maximum atomic E-state index is 8.06. The summed E-state index contributed by atoms with van der Waals surface area (Å²) in [5, 5.41) is 0.526. The number of halogens is 2. The number of hydrogen-bond donors (Lipinski definition) is 0. The molecular formula is C19H24Cl2N2S. The lowest BCUT2D eigenvalue weighted by atomic mass is 10.2. The Morgan fingerprint density at radius 3 is 2.67 bits per heavy atom. The standard InChI is InChI=1S/C19H23ClN2S.ClH/c1-3-21(4-2)12-7-13-22-16-8-5-6-9-18(16)23-19-11-10-15(20)14-17(19)22;/h5-6,8-11,14H,3-4,7,12-13H2,1-2H3;1H/i1D3,2D3,3D2,4D2;. The van der Waals surface area contributed by atoms with Crippen molar-refractivity contribution in [1.82, 2.24) is 4.90 Å². The van der Waals surface area contributed by atoms with E-state index in [2.05, 4.69) is 0 Å². The van der Waals surface area contributed by atoms with Gasteiger partial charge < -0.3 is 9.80 Å². The Hall–Kier alpha value is -0.870. The monoisotopic (exact) mass is 392 g/mol. The smallest absolute Gasteiger partial charge is 0.0567 e. The van der Waals surface area contributed by atoms with E-state index in [0.29, 0.717) is 9.92 Å². The highest BCUT2D eigenvalue weighted by molar-refractivity contribution is 7.99. The predicted molar refractivity (Wildman–Crippen MR) is 109 cm³/mol. The molecule has 0 unspecified atom stereocenters. The van der Waals surface area contributed by atoms with E-state index in [1.165, 1.54) is 0 Å². The summed E-state index contributed by atoms with van der Waals surface area (Å²) < 4.78 is 77.5. The van der Waals surface area contributed by atoms with Crippen LogP contribution in [0, 0.1) is 0 Å². The summed E-state index contributed by atoms with van der Waals surface area (Å²) in [7, 11) is 0. The van der Waals surface area contributed by atoms with Gasteiger partial charge in [-0.15, -0.1) is 12.4 Å². The fraction of sp³-hybridized carbons (Fsp3) is 0.368. The second-order valence-corrected chi connectivity index (χ2v) is 6.58. The molecular weight excluding hydrogens is 359 g/mol. The molecule has 24 heavy (non-hydrogen) atoms. The number of rotatable bonds is 6. The van der Waals surface area contributed by atoms with Crippen molar-refractivity contribution in [1.29, 1.82) is 0 Å². The Bertz CT molecular complexity index is 987. The van der Waals surface area contributed by atoms with Gasteiger partial charge in [0.1, 0.15) is 0 Å². The molecule has 0 bridgehead atoms. The summed E-state index contributed by atoms with van der Waals surface area (Å²) in [5.41, 5.74) is 1.69. The Balaban J connectivity index is 0.00000408. The van der Waals surface area contributed by atoms with Gasteiger partial charge in [0.05, 0.1) is 11.4 Å². The first-order valence-corrected chi connectivity index (χ1v) is 8.38. The number of fused-ring (bicyclic) bond motifs is 2. The van der Waals surface area contributed by atoms with Crippen LogP contribution in [0.25, 0.3) is 0 Å². The summed E-state index contributed by atoms with van der Waals surface area (Å²) in [5.74, 6) is 0. The van der Waals surface area contributed by atoms with Crippen LogP contribution in [-0.4, -0.2) is 31.0 Å². The van der Waals surface area contributed by atoms with Gasteiger partial charge in [-0.05, 0) is 56.3 Å². The fourth-order valence-electron chi connectivity index (χ4n) is 2.57. The van der Waals surface area contributed by atoms with Crippen LogP contribution in [0.1, 0.15) is 33.8 Å². The predicted octanol–water partition coefficient (Wildman–Crippen LogP) is 6.10.